The highest BCUT2D eigenvalue weighted by molar-refractivity contribution is 5.71. The molecule has 0 bridgehead atoms. The zero-order valence-electron chi connectivity index (χ0n) is 45.8. The van der Waals surface area contributed by atoms with Gasteiger partial charge in [-0.3, -0.25) is 14.4 Å². The Hall–Kier alpha value is -2.89. The van der Waals surface area contributed by atoms with E-state index in [2.05, 4.69) is 81.5 Å². The summed E-state index contributed by atoms with van der Waals surface area (Å²) in [5.41, 5.74) is 0. The quantitative estimate of drug-likeness (QED) is 0.0262. The molecule has 0 N–H and O–H groups in total. The first-order valence-electron chi connectivity index (χ1n) is 29.8. The van der Waals surface area contributed by atoms with Crippen molar-refractivity contribution in [1.82, 2.24) is 0 Å². The number of hydrogen-bond acceptors (Lipinski definition) is 6. The van der Waals surface area contributed by atoms with Gasteiger partial charge in [0.1, 0.15) is 13.2 Å². The Morgan fingerprint density at radius 1 is 0.290 bits per heavy atom. The first-order chi connectivity index (χ1) is 34.0. The zero-order chi connectivity index (χ0) is 50.0. The van der Waals surface area contributed by atoms with Crippen LogP contribution in [0.25, 0.3) is 0 Å². The summed E-state index contributed by atoms with van der Waals surface area (Å²) in [4.78, 5) is 38.1. The van der Waals surface area contributed by atoms with Crippen LogP contribution in [0.5, 0.6) is 0 Å². The van der Waals surface area contributed by atoms with E-state index in [1.807, 2.05) is 0 Å². The Morgan fingerprint density at radius 3 is 0.841 bits per heavy atom. The van der Waals surface area contributed by atoms with Crippen LogP contribution in [0.15, 0.2) is 60.8 Å². The summed E-state index contributed by atoms with van der Waals surface area (Å²) in [5, 5.41) is 0. The molecule has 0 aromatic rings. The lowest BCUT2D eigenvalue weighted by molar-refractivity contribution is -0.167. The number of ether oxygens (including phenoxy) is 3. The van der Waals surface area contributed by atoms with E-state index in [1.165, 1.54) is 173 Å². The molecule has 6 heteroatoms. The van der Waals surface area contributed by atoms with E-state index >= 15 is 0 Å². The van der Waals surface area contributed by atoms with Gasteiger partial charge >= 0.3 is 17.9 Å². The minimum absolute atomic E-state index is 0.0780. The summed E-state index contributed by atoms with van der Waals surface area (Å²) in [6.45, 7) is 6.60. The van der Waals surface area contributed by atoms with Gasteiger partial charge in [0, 0.05) is 19.3 Å². The number of carbonyl (C=O) groups is 3. The molecule has 0 saturated carbocycles. The first-order valence-corrected chi connectivity index (χ1v) is 29.8. The van der Waals surface area contributed by atoms with Crippen LogP contribution in [-0.4, -0.2) is 37.2 Å². The average Bonchev–Trinajstić information content (AvgIpc) is 3.35. The normalized spacial score (nSPS) is 12.4. The predicted octanol–water partition coefficient (Wildman–Crippen LogP) is 20.0. The highest BCUT2D eigenvalue weighted by atomic mass is 16.6. The molecule has 0 aromatic heterocycles. The van der Waals surface area contributed by atoms with Crippen molar-refractivity contribution in [2.75, 3.05) is 13.2 Å². The summed E-state index contributed by atoms with van der Waals surface area (Å²) >= 11 is 0. The summed E-state index contributed by atoms with van der Waals surface area (Å²) in [5.74, 6) is -0.884. The molecule has 6 nitrogen and oxygen atoms in total. The van der Waals surface area contributed by atoms with Gasteiger partial charge in [-0.1, -0.05) is 255 Å². The van der Waals surface area contributed by atoms with Crippen LogP contribution < -0.4 is 0 Å². The van der Waals surface area contributed by atoms with E-state index in [9.17, 15) is 14.4 Å². The largest absolute Gasteiger partial charge is 0.462 e. The molecule has 0 fully saturated rings. The molecule has 0 heterocycles. The number of allylic oxidation sites excluding steroid dienone is 10. The minimum atomic E-state index is -0.780. The number of rotatable bonds is 54. The number of esters is 3. The van der Waals surface area contributed by atoms with Crippen LogP contribution in [0.3, 0.4) is 0 Å². The van der Waals surface area contributed by atoms with E-state index in [0.717, 1.165) is 89.9 Å². The van der Waals surface area contributed by atoms with Crippen LogP contribution in [0.2, 0.25) is 0 Å². The Bertz CT molecular complexity index is 1250. The molecule has 1 atom stereocenters. The standard InChI is InChI=1S/C63H112O6/c1-4-7-10-13-16-19-21-23-25-27-29-30-31-32-34-35-37-39-41-44-47-50-53-56-62(65)68-59-60(58-67-61(64)55-52-49-46-43-18-15-12-9-6-3)69-63(66)57-54-51-48-45-42-40-38-36-33-28-26-24-22-20-17-14-11-8-5-2/h17,20-21,23-24,26-27,29,33,36,60H,4-16,18-19,22,25,28,30-32,34-35,37-59H2,1-3H3/b20-17-,23-21-,26-24-,29-27-,36-33-. The monoisotopic (exact) mass is 965 g/mol. The van der Waals surface area contributed by atoms with Crippen LogP contribution in [0.4, 0.5) is 0 Å². The lowest BCUT2D eigenvalue weighted by Crippen LogP contribution is -2.30. The SMILES string of the molecule is CCCCC/C=C\C/C=C\C/C=C\CCCCCCCCC(=O)OC(COC(=O)CCCCCCCCCCC)COC(=O)CCCCCCCCCCCCC/C=C\C/C=C\CCCCCCC. The maximum absolute atomic E-state index is 12.8. The fourth-order valence-corrected chi connectivity index (χ4v) is 8.48. The number of carbonyl (C=O) groups excluding carboxylic acids is 3. The van der Waals surface area contributed by atoms with Crippen LogP contribution >= 0.6 is 0 Å². The second kappa shape index (κ2) is 57.7. The Labute approximate surface area is 428 Å². The van der Waals surface area contributed by atoms with Crippen molar-refractivity contribution in [1.29, 1.82) is 0 Å². The molecule has 0 radical (unpaired) electrons. The summed E-state index contributed by atoms with van der Waals surface area (Å²) in [6, 6.07) is 0. The first kappa shape index (κ1) is 66.1. The fourth-order valence-electron chi connectivity index (χ4n) is 8.48. The summed E-state index contributed by atoms with van der Waals surface area (Å²) in [7, 11) is 0. The third-order valence-electron chi connectivity index (χ3n) is 13.0. The van der Waals surface area contributed by atoms with Gasteiger partial charge in [-0.25, -0.2) is 0 Å². The molecular weight excluding hydrogens is 853 g/mol. The molecule has 0 saturated heterocycles. The van der Waals surface area contributed by atoms with Gasteiger partial charge in [0.15, 0.2) is 6.10 Å². The summed E-state index contributed by atoms with van der Waals surface area (Å²) < 4.78 is 16.8. The minimum Gasteiger partial charge on any atom is -0.462 e. The van der Waals surface area contributed by atoms with Crippen molar-refractivity contribution in [2.45, 2.75) is 309 Å². The van der Waals surface area contributed by atoms with Gasteiger partial charge in [-0.05, 0) is 89.9 Å². The number of unbranched alkanes of at least 4 members (excludes halogenated alkanes) is 33. The van der Waals surface area contributed by atoms with E-state index in [-0.39, 0.29) is 31.1 Å². The Morgan fingerprint density at radius 2 is 0.522 bits per heavy atom. The molecule has 400 valence electrons. The van der Waals surface area contributed by atoms with E-state index in [4.69, 9.17) is 14.2 Å². The van der Waals surface area contributed by atoms with Gasteiger partial charge in [0.05, 0.1) is 0 Å². The highest BCUT2D eigenvalue weighted by Crippen LogP contribution is 2.16. The maximum atomic E-state index is 12.8. The van der Waals surface area contributed by atoms with Crippen molar-refractivity contribution >= 4 is 17.9 Å². The van der Waals surface area contributed by atoms with Crippen molar-refractivity contribution < 1.29 is 28.6 Å². The third kappa shape index (κ3) is 55.9. The molecule has 0 aliphatic rings. The Balaban J connectivity index is 4.26. The second-order valence-corrected chi connectivity index (χ2v) is 19.9. The highest BCUT2D eigenvalue weighted by Gasteiger charge is 2.19. The molecular formula is C63H112O6. The number of hydrogen-bond donors (Lipinski definition) is 0. The van der Waals surface area contributed by atoms with E-state index in [1.54, 1.807) is 0 Å². The van der Waals surface area contributed by atoms with Crippen LogP contribution in [-0.2, 0) is 28.6 Å². The van der Waals surface area contributed by atoms with E-state index < -0.39 is 6.10 Å². The van der Waals surface area contributed by atoms with Crippen molar-refractivity contribution in [3.63, 3.8) is 0 Å². The molecule has 0 rings (SSSR count). The average molecular weight is 966 g/mol. The van der Waals surface area contributed by atoms with Gasteiger partial charge in [-0.15, -0.1) is 0 Å². The van der Waals surface area contributed by atoms with Gasteiger partial charge < -0.3 is 14.2 Å². The molecule has 69 heavy (non-hydrogen) atoms. The van der Waals surface area contributed by atoms with Crippen LogP contribution in [0, 0.1) is 0 Å². The fraction of sp³-hybridized carbons (Fsp3) is 0.794. The second-order valence-electron chi connectivity index (χ2n) is 19.9. The third-order valence-corrected chi connectivity index (χ3v) is 13.0. The van der Waals surface area contributed by atoms with Gasteiger partial charge in [-0.2, -0.15) is 0 Å². The topological polar surface area (TPSA) is 78.9 Å². The predicted molar refractivity (Wildman–Crippen MR) is 298 cm³/mol. The molecule has 0 aliphatic carbocycles. The zero-order valence-corrected chi connectivity index (χ0v) is 45.8. The lowest BCUT2D eigenvalue weighted by atomic mass is 10.0. The molecule has 0 aromatic carbocycles. The maximum Gasteiger partial charge on any atom is 0.306 e. The molecule has 1 unspecified atom stereocenters. The van der Waals surface area contributed by atoms with Crippen molar-refractivity contribution in [2.24, 2.45) is 0 Å². The molecule has 0 amide bonds. The van der Waals surface area contributed by atoms with Gasteiger partial charge in [0.2, 0.25) is 0 Å². The van der Waals surface area contributed by atoms with Crippen molar-refractivity contribution in [3.05, 3.63) is 60.8 Å². The van der Waals surface area contributed by atoms with Gasteiger partial charge in [0.25, 0.3) is 0 Å². The molecule has 0 aliphatic heterocycles. The van der Waals surface area contributed by atoms with E-state index in [0.29, 0.717) is 19.3 Å². The van der Waals surface area contributed by atoms with Crippen LogP contribution in [0.1, 0.15) is 303 Å². The smallest absolute Gasteiger partial charge is 0.306 e. The van der Waals surface area contributed by atoms with Crippen molar-refractivity contribution in [3.8, 4) is 0 Å². The Kier molecular flexibility index (Phi) is 55.3. The lowest BCUT2D eigenvalue weighted by Gasteiger charge is -2.18. The summed E-state index contributed by atoms with van der Waals surface area (Å²) in [6.07, 6.45) is 72.2. The molecule has 0 spiro atoms.